The lowest BCUT2D eigenvalue weighted by Gasteiger charge is -2.31. The van der Waals surface area contributed by atoms with E-state index in [4.69, 9.17) is 23.7 Å². The summed E-state index contributed by atoms with van der Waals surface area (Å²) >= 11 is 0. The van der Waals surface area contributed by atoms with E-state index in [9.17, 15) is 18.3 Å². The Hall–Kier alpha value is -3.60. The summed E-state index contributed by atoms with van der Waals surface area (Å²) in [6.07, 6.45) is 0. The SMILES string of the molecule is COC(=O)C1=C(O)c2cc3c(cc2S(=O)(=O)N1Cc1ccc2c(c1)OCO2)OCO3. The van der Waals surface area contributed by atoms with Crippen molar-refractivity contribution in [2.24, 2.45) is 0 Å². The fraction of sp³-hybridized carbons (Fsp3) is 0.211. The number of carbonyl (C=O) groups excluding carboxylic acids is 1. The van der Waals surface area contributed by atoms with Crippen LogP contribution in [0.1, 0.15) is 11.1 Å². The number of nitrogens with zero attached hydrogens (tertiary/aromatic N) is 1. The molecule has 5 rings (SSSR count). The van der Waals surface area contributed by atoms with Crippen molar-refractivity contribution in [2.45, 2.75) is 11.4 Å². The molecule has 10 nitrogen and oxygen atoms in total. The number of methoxy groups -OCH3 is 1. The maximum absolute atomic E-state index is 13.4. The number of benzene rings is 2. The van der Waals surface area contributed by atoms with Crippen LogP contribution in [0.25, 0.3) is 5.76 Å². The number of rotatable bonds is 3. The summed E-state index contributed by atoms with van der Waals surface area (Å²) < 4.78 is 53.5. The molecule has 30 heavy (non-hydrogen) atoms. The number of carbonyl (C=O) groups is 1. The zero-order chi connectivity index (χ0) is 21.0. The molecule has 0 aromatic heterocycles. The number of aliphatic hydroxyl groups excluding tert-OH is 1. The Kier molecular flexibility index (Phi) is 3.97. The van der Waals surface area contributed by atoms with Crippen molar-refractivity contribution < 1.29 is 42.0 Å². The van der Waals surface area contributed by atoms with Gasteiger partial charge in [0.05, 0.1) is 13.7 Å². The van der Waals surface area contributed by atoms with E-state index in [2.05, 4.69) is 0 Å². The van der Waals surface area contributed by atoms with Gasteiger partial charge in [-0.15, -0.1) is 0 Å². The second kappa shape index (κ2) is 6.46. The summed E-state index contributed by atoms with van der Waals surface area (Å²) in [5, 5.41) is 10.8. The zero-order valence-corrected chi connectivity index (χ0v) is 16.4. The predicted molar refractivity (Wildman–Crippen MR) is 99.4 cm³/mol. The lowest BCUT2D eigenvalue weighted by molar-refractivity contribution is -0.137. The number of aliphatic hydroxyl groups is 1. The van der Waals surface area contributed by atoms with Crippen LogP contribution in [-0.2, 0) is 26.1 Å². The summed E-state index contributed by atoms with van der Waals surface area (Å²) in [6.45, 7) is -0.260. The van der Waals surface area contributed by atoms with E-state index in [0.717, 1.165) is 11.4 Å². The van der Waals surface area contributed by atoms with E-state index in [-0.39, 0.29) is 42.1 Å². The van der Waals surface area contributed by atoms with Gasteiger partial charge in [-0.25, -0.2) is 13.2 Å². The minimum absolute atomic E-state index is 0.0649. The zero-order valence-electron chi connectivity index (χ0n) is 15.6. The Morgan fingerprint density at radius 2 is 1.67 bits per heavy atom. The lowest BCUT2D eigenvalue weighted by Crippen LogP contribution is -2.38. The largest absolute Gasteiger partial charge is 0.505 e. The van der Waals surface area contributed by atoms with Gasteiger partial charge < -0.3 is 28.8 Å². The molecule has 3 aliphatic heterocycles. The molecule has 0 atom stereocenters. The second-order valence-corrected chi connectivity index (χ2v) is 8.42. The lowest BCUT2D eigenvalue weighted by atomic mass is 10.1. The summed E-state index contributed by atoms with van der Waals surface area (Å²) in [7, 11) is -3.15. The highest BCUT2D eigenvalue weighted by atomic mass is 32.2. The molecule has 2 aromatic rings. The molecule has 0 fully saturated rings. The molecule has 0 spiro atoms. The second-order valence-electron chi connectivity index (χ2n) is 6.59. The third-order valence-electron chi connectivity index (χ3n) is 4.91. The molecule has 3 heterocycles. The average Bonchev–Trinajstić information content (AvgIpc) is 3.39. The van der Waals surface area contributed by atoms with Gasteiger partial charge in [0.15, 0.2) is 34.5 Å². The number of fused-ring (bicyclic) bond motifs is 3. The van der Waals surface area contributed by atoms with Crippen molar-refractivity contribution in [3.8, 4) is 23.0 Å². The van der Waals surface area contributed by atoms with E-state index in [0.29, 0.717) is 17.1 Å². The summed E-state index contributed by atoms with van der Waals surface area (Å²) in [5.41, 5.74) is -0.0515. The van der Waals surface area contributed by atoms with E-state index in [1.165, 1.54) is 12.1 Å². The monoisotopic (exact) mass is 433 g/mol. The van der Waals surface area contributed by atoms with Gasteiger partial charge in [-0.3, -0.25) is 4.31 Å². The molecule has 0 bridgehead atoms. The van der Waals surface area contributed by atoms with Gasteiger partial charge in [0.25, 0.3) is 10.0 Å². The van der Waals surface area contributed by atoms with Crippen LogP contribution in [0.15, 0.2) is 40.9 Å². The Morgan fingerprint density at radius 3 is 2.37 bits per heavy atom. The van der Waals surface area contributed by atoms with Gasteiger partial charge in [-0.1, -0.05) is 6.07 Å². The van der Waals surface area contributed by atoms with Crippen LogP contribution in [0.2, 0.25) is 0 Å². The molecular formula is C19H15NO9S. The maximum atomic E-state index is 13.4. The van der Waals surface area contributed by atoms with Gasteiger partial charge in [0.1, 0.15) is 4.90 Å². The van der Waals surface area contributed by atoms with Crippen LogP contribution in [0.5, 0.6) is 23.0 Å². The van der Waals surface area contributed by atoms with Gasteiger partial charge in [0.2, 0.25) is 13.6 Å². The maximum Gasteiger partial charge on any atom is 0.359 e. The van der Waals surface area contributed by atoms with Crippen LogP contribution in [0.3, 0.4) is 0 Å². The minimum atomic E-state index is -4.25. The number of hydrogen-bond donors (Lipinski definition) is 1. The molecule has 0 saturated carbocycles. The molecular weight excluding hydrogens is 418 g/mol. The van der Waals surface area contributed by atoms with Crippen LogP contribution in [-0.4, -0.2) is 44.5 Å². The first kappa shape index (κ1) is 18.4. The summed E-state index contributed by atoms with van der Waals surface area (Å²) in [5.74, 6) is -0.0483. The van der Waals surface area contributed by atoms with Crippen molar-refractivity contribution in [3.63, 3.8) is 0 Å². The van der Waals surface area contributed by atoms with Gasteiger partial charge in [0, 0.05) is 11.6 Å². The van der Waals surface area contributed by atoms with Gasteiger partial charge in [-0.2, -0.15) is 0 Å². The topological polar surface area (TPSA) is 121 Å². The smallest absolute Gasteiger partial charge is 0.359 e. The van der Waals surface area contributed by atoms with Crippen LogP contribution in [0.4, 0.5) is 0 Å². The molecule has 2 aromatic carbocycles. The molecule has 0 unspecified atom stereocenters. The Balaban J connectivity index is 1.66. The summed E-state index contributed by atoms with van der Waals surface area (Å²) in [4.78, 5) is 12.2. The molecule has 0 saturated heterocycles. The number of sulfonamides is 1. The first-order chi connectivity index (χ1) is 14.4. The number of ether oxygens (including phenoxy) is 5. The first-order valence-corrected chi connectivity index (χ1v) is 10.2. The van der Waals surface area contributed by atoms with Crippen molar-refractivity contribution in [3.05, 3.63) is 47.2 Å². The third-order valence-corrected chi connectivity index (χ3v) is 6.70. The molecule has 3 aliphatic rings. The highest BCUT2D eigenvalue weighted by Gasteiger charge is 2.42. The fourth-order valence-corrected chi connectivity index (χ4v) is 5.12. The predicted octanol–water partition coefficient (Wildman–Crippen LogP) is 1.75. The van der Waals surface area contributed by atoms with Crippen LogP contribution < -0.4 is 18.9 Å². The molecule has 1 N–H and O–H groups in total. The average molecular weight is 433 g/mol. The van der Waals surface area contributed by atoms with E-state index < -0.39 is 27.4 Å². The molecule has 11 heteroatoms. The van der Waals surface area contributed by atoms with Gasteiger partial charge in [-0.05, 0) is 23.8 Å². The molecule has 0 amide bonds. The fourth-order valence-electron chi connectivity index (χ4n) is 3.47. The van der Waals surface area contributed by atoms with E-state index >= 15 is 0 Å². The van der Waals surface area contributed by atoms with Crippen molar-refractivity contribution in [1.82, 2.24) is 4.31 Å². The molecule has 0 aliphatic carbocycles. The minimum Gasteiger partial charge on any atom is -0.505 e. The van der Waals surface area contributed by atoms with Crippen LogP contribution >= 0.6 is 0 Å². The Morgan fingerprint density at radius 1 is 1.03 bits per heavy atom. The quantitative estimate of drug-likeness (QED) is 0.722. The van der Waals surface area contributed by atoms with E-state index in [1.54, 1.807) is 18.2 Å². The van der Waals surface area contributed by atoms with Crippen molar-refractivity contribution in [1.29, 1.82) is 0 Å². The molecule has 0 radical (unpaired) electrons. The normalized spacial score (nSPS) is 17.7. The highest BCUT2D eigenvalue weighted by molar-refractivity contribution is 7.89. The van der Waals surface area contributed by atoms with Crippen LogP contribution in [0, 0.1) is 0 Å². The number of hydrogen-bond acceptors (Lipinski definition) is 9. The van der Waals surface area contributed by atoms with Crippen molar-refractivity contribution >= 4 is 21.8 Å². The summed E-state index contributed by atoms with van der Waals surface area (Å²) in [6, 6.07) is 7.49. The first-order valence-electron chi connectivity index (χ1n) is 8.77. The third kappa shape index (κ3) is 2.62. The molecule has 156 valence electrons. The van der Waals surface area contributed by atoms with Crippen molar-refractivity contribution in [2.75, 3.05) is 20.7 Å². The van der Waals surface area contributed by atoms with E-state index in [1.807, 2.05) is 0 Å². The highest BCUT2D eigenvalue weighted by Crippen LogP contribution is 2.44. The Labute approximate surface area is 170 Å². The Bertz CT molecular complexity index is 1220. The standard InChI is InChI=1S/C19H15NO9S/c1-25-19(22)17-18(21)11-5-14-15(29-9-28-14)6-16(11)30(23,24)20(17)7-10-2-3-12-13(4-10)27-8-26-12/h2-6,21H,7-9H2,1H3. The van der Waals surface area contributed by atoms with Gasteiger partial charge >= 0.3 is 5.97 Å². The number of esters is 1.